The van der Waals surface area contributed by atoms with Crippen molar-refractivity contribution >= 4 is 23.4 Å². The zero-order valence-corrected chi connectivity index (χ0v) is 16.9. The van der Waals surface area contributed by atoms with Crippen LogP contribution in [0.15, 0.2) is 28.8 Å². The number of amides is 2. The molecule has 1 saturated heterocycles. The summed E-state index contributed by atoms with van der Waals surface area (Å²) in [4.78, 5) is 30.8. The minimum atomic E-state index is -0.223. The predicted molar refractivity (Wildman–Crippen MR) is 105 cm³/mol. The highest BCUT2D eigenvalue weighted by molar-refractivity contribution is 6.30. The first-order chi connectivity index (χ1) is 13.4. The molecule has 150 valence electrons. The van der Waals surface area contributed by atoms with E-state index >= 15 is 0 Å². The Bertz CT molecular complexity index is 819. The van der Waals surface area contributed by atoms with Crippen LogP contribution in [0.1, 0.15) is 49.9 Å². The van der Waals surface area contributed by atoms with Gasteiger partial charge in [0.2, 0.25) is 17.7 Å². The Morgan fingerprint density at radius 3 is 2.79 bits per heavy atom. The van der Waals surface area contributed by atoms with Gasteiger partial charge in [0.05, 0.1) is 12.5 Å². The fraction of sp³-hybridized carbons (Fsp3) is 0.500. The van der Waals surface area contributed by atoms with Crippen molar-refractivity contribution in [2.24, 2.45) is 5.92 Å². The molecule has 7 nitrogen and oxygen atoms in total. The molecule has 1 atom stereocenters. The second-order valence-electron chi connectivity index (χ2n) is 7.37. The quantitative estimate of drug-likeness (QED) is 0.766. The number of rotatable bonds is 7. The molecule has 1 unspecified atom stereocenters. The summed E-state index contributed by atoms with van der Waals surface area (Å²) < 4.78 is 5.14. The third kappa shape index (κ3) is 5.32. The molecule has 1 N–H and O–H groups in total. The van der Waals surface area contributed by atoms with Crippen molar-refractivity contribution in [3.05, 3.63) is 46.6 Å². The van der Waals surface area contributed by atoms with E-state index in [9.17, 15) is 9.59 Å². The lowest BCUT2D eigenvalue weighted by Gasteiger charge is -2.32. The van der Waals surface area contributed by atoms with Crippen molar-refractivity contribution in [3.63, 3.8) is 0 Å². The smallest absolute Gasteiger partial charge is 0.229 e. The number of nitrogens with zero attached hydrogens (tertiary/aromatic N) is 3. The highest BCUT2D eigenvalue weighted by Crippen LogP contribution is 2.19. The van der Waals surface area contributed by atoms with Gasteiger partial charge < -0.3 is 14.7 Å². The van der Waals surface area contributed by atoms with Gasteiger partial charge in [-0.1, -0.05) is 42.7 Å². The van der Waals surface area contributed by atoms with E-state index in [0.717, 1.165) is 12.0 Å². The van der Waals surface area contributed by atoms with Gasteiger partial charge in [0.15, 0.2) is 5.82 Å². The predicted octanol–water partition coefficient (Wildman–Crippen LogP) is 2.94. The summed E-state index contributed by atoms with van der Waals surface area (Å²) in [7, 11) is 0. The molecule has 2 heterocycles. The van der Waals surface area contributed by atoms with Crippen molar-refractivity contribution in [1.29, 1.82) is 0 Å². The molecular formula is C20H25ClN4O3. The van der Waals surface area contributed by atoms with Gasteiger partial charge in [-0.05, 0) is 30.5 Å². The number of aromatic nitrogens is 2. The molecule has 0 radical (unpaired) electrons. The molecule has 1 aliphatic heterocycles. The maximum absolute atomic E-state index is 12.5. The van der Waals surface area contributed by atoms with Gasteiger partial charge in [0.25, 0.3) is 0 Å². The minimum absolute atomic E-state index is 0.0834. The average molecular weight is 405 g/mol. The van der Waals surface area contributed by atoms with Crippen LogP contribution in [-0.2, 0) is 22.6 Å². The first kappa shape index (κ1) is 20.3. The summed E-state index contributed by atoms with van der Waals surface area (Å²) in [5.41, 5.74) is 1.11. The molecule has 2 amide bonds. The van der Waals surface area contributed by atoms with E-state index < -0.39 is 0 Å². The molecule has 1 fully saturated rings. The Labute approximate surface area is 169 Å². The zero-order chi connectivity index (χ0) is 20.1. The molecular weight excluding hydrogens is 380 g/mol. The maximum Gasteiger partial charge on any atom is 0.229 e. The summed E-state index contributed by atoms with van der Waals surface area (Å²) in [5, 5.41) is 7.43. The molecule has 0 aliphatic carbocycles. The number of likely N-dealkylation sites (tertiary alicyclic amines) is 1. The Hall–Kier alpha value is -2.41. The second-order valence-corrected chi connectivity index (χ2v) is 7.81. The Morgan fingerprint density at radius 1 is 1.36 bits per heavy atom. The molecule has 0 saturated carbocycles. The zero-order valence-electron chi connectivity index (χ0n) is 16.2. The van der Waals surface area contributed by atoms with Gasteiger partial charge in [0, 0.05) is 30.5 Å². The lowest BCUT2D eigenvalue weighted by Crippen LogP contribution is -2.46. The van der Waals surface area contributed by atoms with Gasteiger partial charge in [0.1, 0.15) is 0 Å². The summed E-state index contributed by atoms with van der Waals surface area (Å²) in [6, 6.07) is 7.59. The second kappa shape index (κ2) is 9.19. The first-order valence-corrected chi connectivity index (χ1v) is 9.92. The lowest BCUT2D eigenvalue weighted by atomic mass is 9.96. The third-order valence-corrected chi connectivity index (χ3v) is 5.10. The summed E-state index contributed by atoms with van der Waals surface area (Å²) >= 11 is 5.90. The van der Waals surface area contributed by atoms with Crippen LogP contribution in [0.3, 0.4) is 0 Å². The van der Waals surface area contributed by atoms with Crippen molar-refractivity contribution in [1.82, 2.24) is 20.4 Å². The SMILES string of the molecule is CC(C)c1nc(CNC(=O)C2CCC(=O)N(CCc3ccc(Cl)cc3)C2)no1. The highest BCUT2D eigenvalue weighted by atomic mass is 35.5. The van der Waals surface area contributed by atoms with Crippen LogP contribution >= 0.6 is 11.6 Å². The minimum Gasteiger partial charge on any atom is -0.348 e. The molecule has 0 spiro atoms. The van der Waals surface area contributed by atoms with Gasteiger partial charge in [-0.25, -0.2) is 0 Å². The van der Waals surface area contributed by atoms with E-state index in [1.165, 1.54) is 0 Å². The Balaban J connectivity index is 1.50. The molecule has 0 bridgehead atoms. The number of halogens is 1. The average Bonchev–Trinajstić information content (AvgIpc) is 3.16. The summed E-state index contributed by atoms with van der Waals surface area (Å²) in [5.74, 6) is 0.956. The number of nitrogens with one attached hydrogen (secondary N) is 1. The Kier molecular flexibility index (Phi) is 6.67. The third-order valence-electron chi connectivity index (χ3n) is 4.85. The van der Waals surface area contributed by atoms with Crippen molar-refractivity contribution in [2.45, 2.75) is 45.6 Å². The van der Waals surface area contributed by atoms with Crippen LogP contribution in [0.4, 0.5) is 0 Å². The number of hydrogen-bond acceptors (Lipinski definition) is 5. The highest BCUT2D eigenvalue weighted by Gasteiger charge is 2.30. The molecule has 28 heavy (non-hydrogen) atoms. The summed E-state index contributed by atoms with van der Waals surface area (Å²) in [6.07, 6.45) is 1.68. The van der Waals surface area contributed by atoms with Crippen LogP contribution in [0.5, 0.6) is 0 Å². The van der Waals surface area contributed by atoms with Crippen molar-refractivity contribution in [2.75, 3.05) is 13.1 Å². The normalized spacial score (nSPS) is 17.2. The van der Waals surface area contributed by atoms with Gasteiger partial charge in [-0.2, -0.15) is 4.98 Å². The Morgan fingerprint density at radius 2 is 2.11 bits per heavy atom. The topological polar surface area (TPSA) is 88.3 Å². The van der Waals surface area contributed by atoms with Crippen molar-refractivity contribution in [3.8, 4) is 0 Å². The molecule has 2 aromatic rings. The van der Waals surface area contributed by atoms with Crippen LogP contribution in [0.2, 0.25) is 5.02 Å². The van der Waals surface area contributed by atoms with Crippen LogP contribution in [-0.4, -0.2) is 39.9 Å². The number of carbonyl (C=O) groups is 2. The van der Waals surface area contributed by atoms with Crippen LogP contribution in [0, 0.1) is 5.92 Å². The van der Waals surface area contributed by atoms with Gasteiger partial charge >= 0.3 is 0 Å². The molecule has 8 heteroatoms. The first-order valence-electron chi connectivity index (χ1n) is 9.54. The van der Waals surface area contributed by atoms with E-state index in [1.54, 1.807) is 4.90 Å². The van der Waals surface area contributed by atoms with Crippen LogP contribution in [0.25, 0.3) is 0 Å². The van der Waals surface area contributed by atoms with E-state index in [1.807, 2.05) is 38.1 Å². The number of piperidine rings is 1. The summed E-state index contributed by atoms with van der Waals surface area (Å²) in [6.45, 7) is 5.18. The van der Waals surface area contributed by atoms with E-state index in [2.05, 4.69) is 15.5 Å². The molecule has 3 rings (SSSR count). The molecule has 1 aromatic heterocycles. The fourth-order valence-corrected chi connectivity index (χ4v) is 3.27. The van der Waals surface area contributed by atoms with Crippen LogP contribution < -0.4 is 5.32 Å². The molecule has 1 aromatic carbocycles. The van der Waals surface area contributed by atoms with E-state index in [4.69, 9.17) is 16.1 Å². The molecule has 1 aliphatic rings. The number of carbonyl (C=O) groups excluding carboxylic acids is 2. The monoisotopic (exact) mass is 404 g/mol. The maximum atomic E-state index is 12.5. The van der Waals surface area contributed by atoms with Crippen molar-refractivity contribution < 1.29 is 14.1 Å². The number of benzene rings is 1. The standard InChI is InChI=1S/C20H25ClN4O3/c1-13(2)20-23-17(24-28-20)11-22-19(27)15-5-8-18(26)25(12-15)10-9-14-3-6-16(21)7-4-14/h3-4,6-7,13,15H,5,8-12H2,1-2H3,(H,22,27). The van der Waals surface area contributed by atoms with Gasteiger partial charge in [-0.3, -0.25) is 9.59 Å². The lowest BCUT2D eigenvalue weighted by molar-refractivity contribution is -0.138. The number of hydrogen-bond donors (Lipinski definition) is 1. The van der Waals surface area contributed by atoms with Gasteiger partial charge in [-0.15, -0.1) is 0 Å². The fourth-order valence-electron chi connectivity index (χ4n) is 3.14. The largest absolute Gasteiger partial charge is 0.348 e. The van der Waals surface area contributed by atoms with E-state index in [-0.39, 0.29) is 30.2 Å². The van der Waals surface area contributed by atoms with E-state index in [0.29, 0.717) is 42.7 Å².